The van der Waals surface area contributed by atoms with Crippen molar-refractivity contribution in [3.63, 3.8) is 0 Å². The third kappa shape index (κ3) is 3.47. The Bertz CT molecular complexity index is 833. The highest BCUT2D eigenvalue weighted by Crippen LogP contribution is 2.39. The first-order valence-electron chi connectivity index (χ1n) is 9.54. The lowest BCUT2D eigenvalue weighted by molar-refractivity contribution is 0.0751. The van der Waals surface area contributed by atoms with Gasteiger partial charge in [-0.2, -0.15) is 5.10 Å². The van der Waals surface area contributed by atoms with Crippen LogP contribution in [-0.2, 0) is 0 Å². The van der Waals surface area contributed by atoms with Crippen LogP contribution in [0.15, 0.2) is 36.4 Å². The van der Waals surface area contributed by atoms with E-state index in [0.29, 0.717) is 17.5 Å². The van der Waals surface area contributed by atoms with Crippen LogP contribution in [0.3, 0.4) is 0 Å². The van der Waals surface area contributed by atoms with Gasteiger partial charge in [-0.15, -0.1) is 0 Å². The second kappa shape index (κ2) is 7.15. The summed E-state index contributed by atoms with van der Waals surface area (Å²) in [6.45, 7) is 0. The second-order valence-corrected chi connectivity index (χ2v) is 7.71. The van der Waals surface area contributed by atoms with Crippen LogP contribution in [0.1, 0.15) is 53.1 Å². The first-order chi connectivity index (χ1) is 13.0. The first kappa shape index (κ1) is 17.7. The van der Waals surface area contributed by atoms with E-state index in [1.165, 1.54) is 17.2 Å². The minimum absolute atomic E-state index is 0.130. The van der Waals surface area contributed by atoms with Gasteiger partial charge in [-0.05, 0) is 49.7 Å². The van der Waals surface area contributed by atoms with Gasteiger partial charge < -0.3 is 16.8 Å². The Morgan fingerprint density at radius 3 is 2.41 bits per heavy atom. The smallest absolute Gasteiger partial charge is 0.272 e. The maximum absolute atomic E-state index is 12.9. The Morgan fingerprint density at radius 1 is 1.11 bits per heavy atom. The molecule has 7 nitrogen and oxygen atoms in total. The monoisotopic (exact) mass is 367 g/mol. The Balaban J connectivity index is 1.58. The molecule has 2 saturated carbocycles. The molecule has 2 bridgehead atoms. The molecule has 0 spiro atoms. The fourth-order valence-electron chi connectivity index (χ4n) is 4.68. The fourth-order valence-corrected chi connectivity index (χ4v) is 4.68. The van der Waals surface area contributed by atoms with Crippen LogP contribution in [0.4, 0.5) is 0 Å². The minimum atomic E-state index is -0.620. The van der Waals surface area contributed by atoms with E-state index in [1.807, 2.05) is 30.3 Å². The maximum atomic E-state index is 12.9. The average Bonchev–Trinajstić information content (AvgIpc) is 3.09. The molecule has 2 atom stereocenters. The molecule has 7 heteroatoms. The van der Waals surface area contributed by atoms with E-state index in [1.54, 1.807) is 0 Å². The van der Waals surface area contributed by atoms with Gasteiger partial charge in [0.2, 0.25) is 0 Å². The Morgan fingerprint density at radius 2 is 1.78 bits per heavy atom. The molecule has 142 valence electrons. The van der Waals surface area contributed by atoms with Crippen molar-refractivity contribution in [3.8, 4) is 5.69 Å². The van der Waals surface area contributed by atoms with Gasteiger partial charge in [-0.25, -0.2) is 4.68 Å². The van der Waals surface area contributed by atoms with Gasteiger partial charge in [0, 0.05) is 18.2 Å². The van der Waals surface area contributed by atoms with Gasteiger partial charge in [0.25, 0.3) is 11.8 Å². The number of fused-ring (bicyclic) bond motifs is 2. The summed E-state index contributed by atoms with van der Waals surface area (Å²) in [5.41, 5.74) is 12.8. The van der Waals surface area contributed by atoms with Crippen molar-refractivity contribution >= 4 is 11.8 Å². The quantitative estimate of drug-likeness (QED) is 0.761. The molecule has 5 N–H and O–H groups in total. The number of carbonyl (C=O) groups excluding carboxylic acids is 2. The fraction of sp³-hybridized carbons (Fsp3) is 0.450. The number of para-hydroxylation sites is 1. The van der Waals surface area contributed by atoms with Crippen LogP contribution >= 0.6 is 0 Å². The summed E-state index contributed by atoms with van der Waals surface area (Å²) in [6.07, 6.45) is 5.29. The predicted octanol–water partition coefficient (Wildman–Crippen LogP) is 1.61. The minimum Gasteiger partial charge on any atom is -0.364 e. The van der Waals surface area contributed by atoms with Crippen molar-refractivity contribution in [3.05, 3.63) is 47.8 Å². The normalized spacial score (nSPS) is 27.1. The van der Waals surface area contributed by atoms with Gasteiger partial charge in [-0.1, -0.05) is 24.6 Å². The molecule has 27 heavy (non-hydrogen) atoms. The van der Waals surface area contributed by atoms with E-state index in [2.05, 4.69) is 10.4 Å². The van der Waals surface area contributed by atoms with E-state index < -0.39 is 5.91 Å². The zero-order chi connectivity index (χ0) is 19.0. The molecule has 2 fully saturated rings. The summed E-state index contributed by atoms with van der Waals surface area (Å²) < 4.78 is 1.43. The molecule has 2 unspecified atom stereocenters. The number of aromatic nitrogens is 2. The molecule has 2 aromatic rings. The molecule has 0 saturated heterocycles. The van der Waals surface area contributed by atoms with Crippen LogP contribution in [0, 0.1) is 11.8 Å². The van der Waals surface area contributed by atoms with Crippen LogP contribution in [0.25, 0.3) is 5.69 Å². The lowest BCUT2D eigenvalue weighted by atomic mass is 9.67. The van der Waals surface area contributed by atoms with Crippen molar-refractivity contribution in [2.24, 2.45) is 23.3 Å². The third-order valence-corrected chi connectivity index (χ3v) is 5.87. The molecule has 0 aliphatic heterocycles. The number of nitrogens with zero attached hydrogens (tertiary/aromatic N) is 2. The lowest BCUT2D eigenvalue weighted by Gasteiger charge is -2.45. The Hall–Kier alpha value is -2.67. The van der Waals surface area contributed by atoms with Crippen LogP contribution in [0.2, 0.25) is 0 Å². The number of primary amides is 1. The number of carbonyl (C=O) groups is 2. The SMILES string of the molecule is NC(=O)c1cc(C(=O)NC2C3CCCC2CC(N)C3)nn1-c1ccccc1. The molecule has 2 aliphatic rings. The first-order valence-corrected chi connectivity index (χ1v) is 9.54. The largest absolute Gasteiger partial charge is 0.364 e. The van der Waals surface area contributed by atoms with Gasteiger partial charge in [0.1, 0.15) is 5.69 Å². The van der Waals surface area contributed by atoms with Crippen molar-refractivity contribution in [1.29, 1.82) is 0 Å². The third-order valence-electron chi connectivity index (χ3n) is 5.87. The topological polar surface area (TPSA) is 116 Å². The highest BCUT2D eigenvalue weighted by molar-refractivity contribution is 5.97. The maximum Gasteiger partial charge on any atom is 0.272 e. The standard InChI is InChI=1S/C20H25N5O2/c21-14-9-12-5-4-6-13(10-14)18(12)23-20(27)16-11-17(19(22)26)25(24-16)15-7-2-1-3-8-15/h1-3,7-8,11-14,18H,4-6,9-10,21H2,(H2,22,26)(H,23,27). The van der Waals surface area contributed by atoms with E-state index in [4.69, 9.17) is 11.5 Å². The van der Waals surface area contributed by atoms with Crippen molar-refractivity contribution in [1.82, 2.24) is 15.1 Å². The molecule has 2 amide bonds. The molecule has 1 heterocycles. The zero-order valence-electron chi connectivity index (χ0n) is 15.2. The summed E-state index contributed by atoms with van der Waals surface area (Å²) in [4.78, 5) is 24.7. The average molecular weight is 367 g/mol. The van der Waals surface area contributed by atoms with Gasteiger partial charge >= 0.3 is 0 Å². The predicted molar refractivity (Wildman–Crippen MR) is 101 cm³/mol. The summed E-state index contributed by atoms with van der Waals surface area (Å²) in [5.74, 6) is -0.0398. The number of nitrogens with two attached hydrogens (primary N) is 2. The van der Waals surface area contributed by atoms with Crippen molar-refractivity contribution < 1.29 is 9.59 Å². The van der Waals surface area contributed by atoms with E-state index in [0.717, 1.165) is 25.7 Å². The summed E-state index contributed by atoms with van der Waals surface area (Å²) >= 11 is 0. The lowest BCUT2D eigenvalue weighted by Crippen LogP contribution is -2.53. The number of rotatable bonds is 4. The highest BCUT2D eigenvalue weighted by atomic mass is 16.2. The highest BCUT2D eigenvalue weighted by Gasteiger charge is 2.40. The number of hydrogen-bond donors (Lipinski definition) is 3. The number of benzene rings is 1. The molecule has 2 aliphatic carbocycles. The molecule has 0 radical (unpaired) electrons. The molecule has 4 rings (SSSR count). The molecule has 1 aromatic heterocycles. The Kier molecular flexibility index (Phi) is 4.70. The summed E-state index contributed by atoms with van der Waals surface area (Å²) in [5, 5.41) is 7.52. The summed E-state index contributed by atoms with van der Waals surface area (Å²) in [7, 11) is 0. The van der Waals surface area contributed by atoms with Gasteiger partial charge in [-0.3, -0.25) is 9.59 Å². The van der Waals surface area contributed by atoms with Gasteiger partial charge in [0.15, 0.2) is 5.69 Å². The van der Waals surface area contributed by atoms with Crippen LogP contribution < -0.4 is 16.8 Å². The molecular weight excluding hydrogens is 342 g/mol. The van der Waals surface area contributed by atoms with E-state index >= 15 is 0 Å². The number of hydrogen-bond acceptors (Lipinski definition) is 4. The second-order valence-electron chi connectivity index (χ2n) is 7.71. The molecular formula is C20H25N5O2. The van der Waals surface area contributed by atoms with Crippen LogP contribution in [0.5, 0.6) is 0 Å². The van der Waals surface area contributed by atoms with Crippen molar-refractivity contribution in [2.75, 3.05) is 0 Å². The number of nitrogens with one attached hydrogen (secondary N) is 1. The van der Waals surface area contributed by atoms with Gasteiger partial charge in [0.05, 0.1) is 5.69 Å². The molecule has 1 aromatic carbocycles. The summed E-state index contributed by atoms with van der Waals surface area (Å²) in [6, 6.07) is 11.0. The van der Waals surface area contributed by atoms with E-state index in [-0.39, 0.29) is 29.4 Å². The zero-order valence-corrected chi connectivity index (χ0v) is 15.2. The van der Waals surface area contributed by atoms with Crippen LogP contribution in [-0.4, -0.2) is 33.7 Å². The van der Waals surface area contributed by atoms with E-state index in [9.17, 15) is 9.59 Å². The Labute approximate surface area is 158 Å². The van der Waals surface area contributed by atoms with Crippen molar-refractivity contribution in [2.45, 2.75) is 44.2 Å². The number of amides is 2.